The maximum absolute atomic E-state index is 13.1. The van der Waals surface area contributed by atoms with Crippen molar-refractivity contribution in [3.63, 3.8) is 0 Å². The van der Waals surface area contributed by atoms with E-state index in [2.05, 4.69) is 0 Å². The number of aromatic carboxylic acids is 2. The van der Waals surface area contributed by atoms with Gasteiger partial charge in [0.05, 0.1) is 41.0 Å². The molecule has 0 spiro atoms. The summed E-state index contributed by atoms with van der Waals surface area (Å²) in [6, 6.07) is 3.36. The molecule has 0 atom stereocenters. The Balaban J connectivity index is 0.000000303. The van der Waals surface area contributed by atoms with Gasteiger partial charge in [-0.2, -0.15) is 0 Å². The fourth-order valence-electron chi connectivity index (χ4n) is 2.13. The Kier molecular flexibility index (Phi) is 8.47. The zero-order valence-electron chi connectivity index (χ0n) is 15.8. The Labute approximate surface area is 168 Å². The average Bonchev–Trinajstić information content (AvgIpc) is 2.65. The molecule has 2 rings (SSSR count). The molecule has 0 saturated heterocycles. The van der Waals surface area contributed by atoms with Gasteiger partial charge in [-0.05, 0) is 19.9 Å². The van der Waals surface area contributed by atoms with Gasteiger partial charge >= 0.3 is 17.6 Å². The average molecular weight is 428 g/mol. The monoisotopic (exact) mass is 428 g/mol. The van der Waals surface area contributed by atoms with Gasteiger partial charge in [-0.3, -0.25) is 10.1 Å². The van der Waals surface area contributed by atoms with E-state index in [-0.39, 0.29) is 23.8 Å². The molecule has 0 amide bonds. The van der Waals surface area contributed by atoms with Crippen LogP contribution in [0.5, 0.6) is 11.5 Å². The highest BCUT2D eigenvalue weighted by atomic mass is 19.1. The van der Waals surface area contributed by atoms with E-state index >= 15 is 0 Å². The fraction of sp³-hybridized carbons (Fsp3) is 0.222. The minimum absolute atomic E-state index is 0.0920. The van der Waals surface area contributed by atoms with Crippen molar-refractivity contribution in [2.45, 2.75) is 13.8 Å². The number of anilines is 1. The molecule has 4 N–H and O–H groups in total. The fourth-order valence-corrected chi connectivity index (χ4v) is 2.13. The predicted molar refractivity (Wildman–Crippen MR) is 100 cm³/mol. The van der Waals surface area contributed by atoms with E-state index in [1.54, 1.807) is 13.8 Å². The lowest BCUT2D eigenvalue weighted by Gasteiger charge is -2.07. The molecule has 0 bridgehead atoms. The summed E-state index contributed by atoms with van der Waals surface area (Å²) in [6.07, 6.45) is 0. The van der Waals surface area contributed by atoms with Gasteiger partial charge in [0.15, 0.2) is 5.75 Å². The third-order valence-corrected chi connectivity index (χ3v) is 3.41. The topological polar surface area (TPSA) is 162 Å². The van der Waals surface area contributed by atoms with Crippen molar-refractivity contribution >= 4 is 23.3 Å². The lowest BCUT2D eigenvalue weighted by molar-refractivity contribution is -0.386. The number of benzene rings is 2. The van der Waals surface area contributed by atoms with Crippen molar-refractivity contribution in [1.82, 2.24) is 0 Å². The van der Waals surface area contributed by atoms with E-state index < -0.39 is 45.3 Å². The molecular weight excluding hydrogens is 410 g/mol. The Bertz CT molecular complexity index is 966. The van der Waals surface area contributed by atoms with Crippen molar-refractivity contribution in [1.29, 1.82) is 0 Å². The van der Waals surface area contributed by atoms with Gasteiger partial charge in [0.2, 0.25) is 0 Å². The van der Waals surface area contributed by atoms with Crippen molar-refractivity contribution in [3.8, 4) is 11.5 Å². The summed E-state index contributed by atoms with van der Waals surface area (Å²) in [5, 5.41) is 27.8. The number of hydrogen-bond acceptors (Lipinski definition) is 7. The second-order valence-corrected chi connectivity index (χ2v) is 5.40. The lowest BCUT2D eigenvalue weighted by Crippen LogP contribution is -2.05. The number of halogens is 2. The van der Waals surface area contributed by atoms with Crippen molar-refractivity contribution in [3.05, 3.63) is 57.1 Å². The van der Waals surface area contributed by atoms with Gasteiger partial charge in [-0.15, -0.1) is 0 Å². The van der Waals surface area contributed by atoms with E-state index in [0.717, 1.165) is 18.2 Å². The molecule has 0 aliphatic rings. The Hall–Kier alpha value is -3.96. The number of ether oxygens (including phenoxy) is 2. The highest BCUT2D eigenvalue weighted by Crippen LogP contribution is 2.30. The number of carbonyl (C=O) groups is 2. The molecule has 0 fully saturated rings. The first-order chi connectivity index (χ1) is 14.0. The second-order valence-electron chi connectivity index (χ2n) is 5.40. The van der Waals surface area contributed by atoms with Crippen molar-refractivity contribution in [2.24, 2.45) is 0 Å². The molecule has 10 nitrogen and oxygen atoms in total. The van der Waals surface area contributed by atoms with E-state index in [1.165, 1.54) is 0 Å². The number of nitro groups is 1. The van der Waals surface area contributed by atoms with Gasteiger partial charge in [-0.25, -0.2) is 18.4 Å². The Morgan fingerprint density at radius 2 is 1.40 bits per heavy atom. The smallest absolute Gasteiger partial charge is 0.338 e. The highest BCUT2D eigenvalue weighted by molar-refractivity contribution is 5.89. The highest BCUT2D eigenvalue weighted by Gasteiger charge is 2.22. The first-order valence-electron chi connectivity index (χ1n) is 8.32. The van der Waals surface area contributed by atoms with Crippen LogP contribution in [-0.2, 0) is 0 Å². The maximum Gasteiger partial charge on any atom is 0.338 e. The van der Waals surface area contributed by atoms with Gasteiger partial charge in [0, 0.05) is 12.1 Å². The molecule has 30 heavy (non-hydrogen) atoms. The van der Waals surface area contributed by atoms with Crippen LogP contribution in [0.4, 0.5) is 20.2 Å². The molecule has 12 heteroatoms. The molecule has 0 aliphatic heterocycles. The predicted octanol–water partition coefficient (Wildman–Crippen LogP) is 3.34. The van der Waals surface area contributed by atoms with Gasteiger partial charge < -0.3 is 25.4 Å². The standard InChI is InChI=1S/C9H8FNO5.C9H10FNO3/c1-2-16-8-3-5(9(12)13)6(10)4-7(8)11(14)15;1-2-14-8-3-5(9(12)13)6(10)4-7(8)11/h3-4H,2H2,1H3,(H,12,13);3-4H,2,11H2,1H3,(H,12,13). The number of rotatable bonds is 7. The van der Waals surface area contributed by atoms with Crippen LogP contribution in [0.25, 0.3) is 0 Å². The number of carboxylic acid groups (broad SMARTS) is 2. The Morgan fingerprint density at radius 3 is 1.83 bits per heavy atom. The summed E-state index contributed by atoms with van der Waals surface area (Å²) < 4.78 is 36.0. The van der Waals surface area contributed by atoms with Gasteiger partial charge in [0.25, 0.3) is 0 Å². The van der Waals surface area contributed by atoms with Crippen LogP contribution in [0.3, 0.4) is 0 Å². The first-order valence-corrected chi connectivity index (χ1v) is 8.32. The van der Waals surface area contributed by atoms with Gasteiger partial charge in [0.1, 0.15) is 17.4 Å². The zero-order valence-corrected chi connectivity index (χ0v) is 15.8. The molecular formula is C18H18F2N2O8. The zero-order chi connectivity index (χ0) is 23.0. The van der Waals surface area contributed by atoms with Crippen LogP contribution in [0.1, 0.15) is 34.6 Å². The largest absolute Gasteiger partial charge is 0.492 e. The van der Waals surface area contributed by atoms with E-state index in [9.17, 15) is 28.5 Å². The number of nitrogens with two attached hydrogens (primary N) is 1. The molecule has 162 valence electrons. The number of nitrogens with zero attached hydrogens (tertiary/aromatic N) is 1. The number of nitrogen functional groups attached to an aromatic ring is 1. The summed E-state index contributed by atoms with van der Waals surface area (Å²) in [6.45, 7) is 3.76. The summed E-state index contributed by atoms with van der Waals surface area (Å²) in [4.78, 5) is 30.9. The first kappa shape index (κ1) is 24.1. The molecule has 0 saturated carbocycles. The van der Waals surface area contributed by atoms with Crippen LogP contribution in [0.15, 0.2) is 24.3 Å². The Morgan fingerprint density at radius 1 is 0.967 bits per heavy atom. The molecule has 0 aromatic heterocycles. The summed E-state index contributed by atoms with van der Waals surface area (Å²) in [7, 11) is 0. The number of carboxylic acids is 2. The SMILES string of the molecule is CCOc1cc(C(=O)O)c(F)cc1N.CCOc1cc(C(=O)O)c(F)cc1[N+](=O)[O-]. The normalized spacial score (nSPS) is 9.87. The molecule has 0 aliphatic carbocycles. The molecule has 2 aromatic rings. The number of nitro benzene ring substituents is 1. The van der Waals surface area contributed by atoms with Crippen molar-refractivity contribution in [2.75, 3.05) is 18.9 Å². The molecule has 0 unspecified atom stereocenters. The van der Waals surface area contributed by atoms with Crippen molar-refractivity contribution < 1.29 is 43.0 Å². The van der Waals surface area contributed by atoms with Gasteiger partial charge in [-0.1, -0.05) is 0 Å². The third kappa shape index (κ3) is 6.02. The van der Waals surface area contributed by atoms with Crippen LogP contribution >= 0.6 is 0 Å². The minimum atomic E-state index is -1.51. The molecule has 0 radical (unpaired) electrons. The van der Waals surface area contributed by atoms with E-state index in [1.807, 2.05) is 0 Å². The maximum atomic E-state index is 13.1. The summed E-state index contributed by atoms with van der Waals surface area (Å²) in [5.74, 6) is -4.95. The lowest BCUT2D eigenvalue weighted by atomic mass is 10.2. The van der Waals surface area contributed by atoms with Crippen LogP contribution < -0.4 is 15.2 Å². The van der Waals surface area contributed by atoms with Crippen LogP contribution in [0, 0.1) is 21.7 Å². The second kappa shape index (κ2) is 10.5. The van der Waals surface area contributed by atoms with Crippen LogP contribution in [0.2, 0.25) is 0 Å². The number of hydrogen-bond donors (Lipinski definition) is 3. The molecule has 0 heterocycles. The van der Waals surface area contributed by atoms with E-state index in [0.29, 0.717) is 12.7 Å². The third-order valence-electron chi connectivity index (χ3n) is 3.41. The van der Waals surface area contributed by atoms with Crippen LogP contribution in [-0.4, -0.2) is 40.3 Å². The molecule has 2 aromatic carbocycles. The summed E-state index contributed by atoms with van der Waals surface area (Å²) in [5.41, 5.74) is 3.82. The summed E-state index contributed by atoms with van der Waals surface area (Å²) >= 11 is 0. The minimum Gasteiger partial charge on any atom is -0.492 e. The van der Waals surface area contributed by atoms with E-state index in [4.69, 9.17) is 25.4 Å². The quantitative estimate of drug-likeness (QED) is 0.341.